The van der Waals surface area contributed by atoms with Crippen LogP contribution in [0.2, 0.25) is 0 Å². The minimum atomic E-state index is -4.03. The average Bonchev–Trinajstić information content (AvgIpc) is 3.02. The number of hydrogen-bond acceptors (Lipinski definition) is 4. The Morgan fingerprint density at radius 2 is 2.08 bits per heavy atom. The van der Waals surface area contributed by atoms with Crippen molar-refractivity contribution in [2.75, 3.05) is 10.8 Å². The number of hydrogen-bond donors (Lipinski definition) is 1. The summed E-state index contributed by atoms with van der Waals surface area (Å²) in [6, 6.07) is 6.37. The summed E-state index contributed by atoms with van der Waals surface area (Å²) in [5, 5.41) is 13.0. The number of nitrogens with zero attached hydrogens (tertiary/aromatic N) is 3. The van der Waals surface area contributed by atoms with Gasteiger partial charge in [0, 0.05) is 12.7 Å². The molecule has 0 spiro atoms. The monoisotopic (exact) mass is 371 g/mol. The van der Waals surface area contributed by atoms with Gasteiger partial charge in [-0.15, -0.1) is 0 Å². The molecule has 0 saturated carbocycles. The van der Waals surface area contributed by atoms with Crippen LogP contribution in [0.4, 0.5) is 14.5 Å². The summed E-state index contributed by atoms with van der Waals surface area (Å²) >= 11 is 0. The van der Waals surface area contributed by atoms with Crippen LogP contribution in [0.1, 0.15) is 17.9 Å². The van der Waals surface area contributed by atoms with Crippen LogP contribution in [0.25, 0.3) is 0 Å². The number of halogens is 2. The molecule has 0 aliphatic carbocycles. The molecule has 1 aliphatic rings. The topological polar surface area (TPSA) is 92.5 Å². The van der Waals surface area contributed by atoms with Crippen LogP contribution in [0.15, 0.2) is 41.6 Å². The Balaban J connectivity index is 1.99. The van der Waals surface area contributed by atoms with Crippen LogP contribution in [0, 0.1) is 0 Å². The van der Waals surface area contributed by atoms with Gasteiger partial charge in [0.2, 0.25) is 0 Å². The van der Waals surface area contributed by atoms with Crippen molar-refractivity contribution in [1.82, 2.24) is 9.78 Å². The van der Waals surface area contributed by atoms with E-state index in [1.807, 2.05) is 0 Å². The second-order valence-electron chi connectivity index (χ2n) is 5.60. The van der Waals surface area contributed by atoms with E-state index in [-0.39, 0.29) is 23.5 Å². The van der Waals surface area contributed by atoms with E-state index in [0.717, 1.165) is 21.4 Å². The molecule has 2 aromatic rings. The molecule has 0 saturated heterocycles. The molecule has 3 rings (SSSR count). The number of carboxylic acids is 1. The Bertz CT molecular complexity index is 898. The third-order valence-electron chi connectivity index (χ3n) is 4.02. The number of rotatable bonds is 5. The maximum Gasteiger partial charge on any atom is 0.311 e. The third kappa shape index (κ3) is 3.21. The molecule has 0 bridgehead atoms. The first-order valence-electron chi connectivity index (χ1n) is 7.46. The summed E-state index contributed by atoms with van der Waals surface area (Å²) in [4.78, 5) is 11.2. The normalized spacial score (nSPS) is 17.6. The van der Waals surface area contributed by atoms with Crippen molar-refractivity contribution in [3.63, 3.8) is 0 Å². The Morgan fingerprint density at radius 1 is 1.36 bits per heavy atom. The number of para-hydroxylation sites is 1. The van der Waals surface area contributed by atoms with Crippen molar-refractivity contribution in [2.24, 2.45) is 0 Å². The molecule has 1 aliphatic heterocycles. The van der Waals surface area contributed by atoms with Crippen molar-refractivity contribution < 1.29 is 27.1 Å². The van der Waals surface area contributed by atoms with E-state index in [2.05, 4.69) is 5.10 Å². The van der Waals surface area contributed by atoms with Gasteiger partial charge in [0.05, 0.1) is 17.8 Å². The number of alkyl halides is 2. The lowest BCUT2D eigenvalue weighted by atomic mass is 9.91. The third-order valence-corrected chi connectivity index (χ3v) is 5.79. The molecule has 0 radical (unpaired) electrons. The van der Waals surface area contributed by atoms with Gasteiger partial charge in [0.25, 0.3) is 16.4 Å². The Labute approximate surface area is 142 Å². The van der Waals surface area contributed by atoms with Gasteiger partial charge >= 0.3 is 5.97 Å². The Hall–Kier alpha value is -2.49. The number of benzene rings is 1. The van der Waals surface area contributed by atoms with E-state index in [9.17, 15) is 27.1 Å². The zero-order valence-corrected chi connectivity index (χ0v) is 13.7. The van der Waals surface area contributed by atoms with Gasteiger partial charge in [-0.25, -0.2) is 17.2 Å². The van der Waals surface area contributed by atoms with E-state index in [1.165, 1.54) is 6.07 Å². The van der Waals surface area contributed by atoms with Crippen molar-refractivity contribution in [1.29, 1.82) is 0 Å². The summed E-state index contributed by atoms with van der Waals surface area (Å²) < 4.78 is 52.5. The fourth-order valence-corrected chi connectivity index (χ4v) is 4.34. The molecule has 1 unspecified atom stereocenters. The molecule has 7 nitrogen and oxygen atoms in total. The van der Waals surface area contributed by atoms with Crippen molar-refractivity contribution in [2.45, 2.75) is 30.2 Å². The number of fused-ring (bicyclic) bond motifs is 1. The molecule has 134 valence electrons. The molecule has 1 aromatic heterocycles. The van der Waals surface area contributed by atoms with E-state index in [0.29, 0.717) is 5.56 Å². The molecule has 2 heterocycles. The quantitative estimate of drug-likeness (QED) is 0.867. The number of aromatic nitrogens is 2. The van der Waals surface area contributed by atoms with Crippen LogP contribution < -0.4 is 4.31 Å². The summed E-state index contributed by atoms with van der Waals surface area (Å²) in [5.74, 6) is -1.81. The molecule has 1 atom stereocenters. The number of carboxylic acid groups (broad SMARTS) is 1. The largest absolute Gasteiger partial charge is 0.481 e. The highest BCUT2D eigenvalue weighted by atomic mass is 32.2. The Kier molecular flexibility index (Phi) is 4.46. The van der Waals surface area contributed by atoms with E-state index in [1.54, 1.807) is 18.2 Å². The highest BCUT2D eigenvalue weighted by Gasteiger charge is 2.36. The molecule has 0 amide bonds. The summed E-state index contributed by atoms with van der Waals surface area (Å²) in [5.41, 5.74) is 0.688. The summed E-state index contributed by atoms with van der Waals surface area (Å²) in [6.45, 7) is -0.719. The number of carbonyl (C=O) groups is 1. The van der Waals surface area contributed by atoms with E-state index < -0.39 is 34.9 Å². The maximum atomic E-state index is 12.9. The van der Waals surface area contributed by atoms with Crippen LogP contribution in [-0.2, 0) is 21.4 Å². The van der Waals surface area contributed by atoms with Crippen LogP contribution in [0.3, 0.4) is 0 Å². The van der Waals surface area contributed by atoms with Gasteiger partial charge in [-0.05, 0) is 18.1 Å². The van der Waals surface area contributed by atoms with Crippen molar-refractivity contribution in [3.8, 4) is 0 Å². The highest BCUT2D eigenvalue weighted by Crippen LogP contribution is 2.38. The summed E-state index contributed by atoms with van der Waals surface area (Å²) in [7, 11) is -4.03. The van der Waals surface area contributed by atoms with Gasteiger partial charge in [-0.1, -0.05) is 18.2 Å². The standard InChI is InChI=1S/C15H15F2N3O4S/c16-14(17)9-19-8-10(7-18-19)25(23,24)20-6-5-12(15(21)22)11-3-1-2-4-13(11)20/h1-4,7-8,12,14H,5-6,9H2,(H,21,22). The number of aliphatic carboxylic acids is 1. The first-order chi connectivity index (χ1) is 11.8. The zero-order valence-electron chi connectivity index (χ0n) is 12.9. The lowest BCUT2D eigenvalue weighted by Crippen LogP contribution is -2.38. The molecule has 25 heavy (non-hydrogen) atoms. The average molecular weight is 371 g/mol. The summed E-state index contributed by atoms with van der Waals surface area (Å²) in [6.07, 6.45) is -0.462. The number of sulfonamides is 1. The maximum absolute atomic E-state index is 12.9. The lowest BCUT2D eigenvalue weighted by Gasteiger charge is -2.33. The first kappa shape index (κ1) is 17.3. The minimum absolute atomic E-state index is 0.0175. The molecule has 1 N–H and O–H groups in total. The Morgan fingerprint density at radius 3 is 2.76 bits per heavy atom. The second kappa shape index (κ2) is 6.43. The smallest absolute Gasteiger partial charge is 0.311 e. The highest BCUT2D eigenvalue weighted by molar-refractivity contribution is 7.92. The fourth-order valence-electron chi connectivity index (χ4n) is 2.88. The lowest BCUT2D eigenvalue weighted by molar-refractivity contribution is -0.139. The fraction of sp³-hybridized carbons (Fsp3) is 0.333. The zero-order chi connectivity index (χ0) is 18.2. The van der Waals surface area contributed by atoms with E-state index in [4.69, 9.17) is 0 Å². The first-order valence-corrected chi connectivity index (χ1v) is 8.90. The molecule has 1 aromatic carbocycles. The van der Waals surface area contributed by atoms with Crippen LogP contribution >= 0.6 is 0 Å². The second-order valence-corrected chi connectivity index (χ2v) is 7.47. The van der Waals surface area contributed by atoms with Crippen molar-refractivity contribution >= 4 is 21.7 Å². The molecule has 0 fully saturated rings. The van der Waals surface area contributed by atoms with Gasteiger partial charge in [0.1, 0.15) is 11.4 Å². The predicted octanol–water partition coefficient (Wildman–Crippen LogP) is 1.92. The molecular formula is C15H15F2N3O4S. The predicted molar refractivity (Wildman–Crippen MR) is 84.2 cm³/mol. The van der Waals surface area contributed by atoms with Crippen LogP contribution in [-0.4, -0.2) is 42.2 Å². The van der Waals surface area contributed by atoms with Gasteiger partial charge in [-0.2, -0.15) is 5.10 Å². The minimum Gasteiger partial charge on any atom is -0.481 e. The SMILES string of the molecule is O=C(O)C1CCN(S(=O)(=O)c2cnn(CC(F)F)c2)c2ccccc21. The van der Waals surface area contributed by atoms with Crippen molar-refractivity contribution in [3.05, 3.63) is 42.2 Å². The van der Waals surface area contributed by atoms with E-state index >= 15 is 0 Å². The van der Waals surface area contributed by atoms with Gasteiger partial charge in [0.15, 0.2) is 0 Å². The van der Waals surface area contributed by atoms with Gasteiger partial charge in [-0.3, -0.25) is 13.8 Å². The molecule has 10 heteroatoms. The number of anilines is 1. The van der Waals surface area contributed by atoms with Gasteiger partial charge < -0.3 is 5.11 Å². The molecular weight excluding hydrogens is 356 g/mol. The van der Waals surface area contributed by atoms with Crippen LogP contribution in [0.5, 0.6) is 0 Å².